The molecule has 1 saturated carbocycles. The second kappa shape index (κ2) is 17.6. The summed E-state index contributed by atoms with van der Waals surface area (Å²) in [5.41, 5.74) is 2.99. The summed E-state index contributed by atoms with van der Waals surface area (Å²) >= 11 is 0. The first-order valence-corrected chi connectivity index (χ1v) is 16.7. The quantitative estimate of drug-likeness (QED) is 0.138. The van der Waals surface area contributed by atoms with Gasteiger partial charge < -0.3 is 18.0 Å². The third-order valence-corrected chi connectivity index (χ3v) is 10.5. The Balaban J connectivity index is 2.13. The van der Waals surface area contributed by atoms with Gasteiger partial charge in [0, 0.05) is 25.9 Å². The average molecular weight is 507 g/mol. The minimum Gasteiger partial charge on any atom is -0.493 e. The summed E-state index contributed by atoms with van der Waals surface area (Å²) in [6, 6.07) is 7.96. The monoisotopic (exact) mass is 506 g/mol. The molecule has 5 heteroatoms. The van der Waals surface area contributed by atoms with Gasteiger partial charge in [0.1, 0.15) is 5.75 Å². The van der Waals surface area contributed by atoms with Gasteiger partial charge in [0.2, 0.25) is 0 Å². The summed E-state index contributed by atoms with van der Waals surface area (Å²) in [7, 11) is -2.61. The summed E-state index contributed by atoms with van der Waals surface area (Å²) < 4.78 is 24.5. The van der Waals surface area contributed by atoms with E-state index in [1.165, 1.54) is 81.8 Å². The minimum atomic E-state index is -2.61. The molecule has 0 amide bonds. The van der Waals surface area contributed by atoms with E-state index in [0.29, 0.717) is 38.3 Å². The molecule has 202 valence electrons. The van der Waals surface area contributed by atoms with Gasteiger partial charge in [0.15, 0.2) is 0 Å². The van der Waals surface area contributed by atoms with Crippen LogP contribution in [0.4, 0.5) is 0 Å². The van der Waals surface area contributed by atoms with E-state index in [-0.39, 0.29) is 0 Å². The molecule has 0 radical (unpaired) electrons. The van der Waals surface area contributed by atoms with Gasteiger partial charge in [0.05, 0.1) is 6.61 Å². The van der Waals surface area contributed by atoms with Crippen LogP contribution in [0.25, 0.3) is 0 Å². The van der Waals surface area contributed by atoms with Crippen molar-refractivity contribution in [2.45, 2.75) is 130 Å². The van der Waals surface area contributed by atoms with Crippen molar-refractivity contribution in [3.05, 3.63) is 29.3 Å². The van der Waals surface area contributed by atoms with Crippen LogP contribution < -0.4 is 4.74 Å². The van der Waals surface area contributed by atoms with E-state index in [1.54, 1.807) is 0 Å². The van der Waals surface area contributed by atoms with E-state index in [2.05, 4.69) is 32.0 Å². The highest BCUT2D eigenvalue weighted by Crippen LogP contribution is 2.40. The van der Waals surface area contributed by atoms with Gasteiger partial charge in [-0.2, -0.15) is 0 Å². The zero-order chi connectivity index (χ0) is 25.4. The normalized spacial score (nSPS) is 15.9. The van der Waals surface area contributed by atoms with Gasteiger partial charge in [-0.25, -0.2) is 0 Å². The van der Waals surface area contributed by atoms with Crippen LogP contribution >= 0.6 is 0 Å². The maximum Gasteiger partial charge on any atom is 0.501 e. The van der Waals surface area contributed by atoms with Crippen molar-refractivity contribution >= 4 is 8.80 Å². The van der Waals surface area contributed by atoms with Gasteiger partial charge in [0.25, 0.3) is 0 Å². The average Bonchev–Trinajstić information content (AvgIpc) is 2.87. The minimum absolute atomic E-state index is 0.623. The van der Waals surface area contributed by atoms with Crippen molar-refractivity contribution in [2.75, 3.05) is 26.4 Å². The summed E-state index contributed by atoms with van der Waals surface area (Å²) in [6.45, 7) is 13.2. The number of ether oxygens (including phenoxy) is 1. The number of hydrogen-bond donors (Lipinski definition) is 0. The molecular weight excluding hydrogens is 452 g/mol. The van der Waals surface area contributed by atoms with Crippen molar-refractivity contribution in [1.82, 2.24) is 0 Å². The lowest BCUT2D eigenvalue weighted by Crippen LogP contribution is -2.46. The van der Waals surface area contributed by atoms with Gasteiger partial charge in [-0.3, -0.25) is 0 Å². The Kier molecular flexibility index (Phi) is 15.2. The SMILES string of the molecule is CCCCCC(CCC)c1ccc(OCCC[Si](OCC)(OCC)OCC)c(C2CCCCC2)c1. The Morgan fingerprint density at radius 2 is 1.49 bits per heavy atom. The van der Waals surface area contributed by atoms with Crippen LogP contribution in [-0.4, -0.2) is 35.2 Å². The zero-order valence-electron chi connectivity index (χ0n) is 23.5. The molecule has 1 aliphatic rings. The van der Waals surface area contributed by atoms with Gasteiger partial charge in [-0.15, -0.1) is 0 Å². The molecule has 0 heterocycles. The Labute approximate surface area is 217 Å². The van der Waals surface area contributed by atoms with Gasteiger partial charge >= 0.3 is 8.80 Å². The lowest BCUT2D eigenvalue weighted by molar-refractivity contribution is 0.0696. The Bertz CT molecular complexity index is 657. The zero-order valence-corrected chi connectivity index (χ0v) is 24.5. The lowest BCUT2D eigenvalue weighted by Gasteiger charge is -2.29. The summed E-state index contributed by atoms with van der Waals surface area (Å²) in [6.07, 6.45) is 15.3. The van der Waals surface area contributed by atoms with Crippen molar-refractivity contribution in [3.8, 4) is 5.75 Å². The predicted molar refractivity (Wildman–Crippen MR) is 150 cm³/mol. The Morgan fingerprint density at radius 1 is 0.800 bits per heavy atom. The van der Waals surface area contributed by atoms with Crippen LogP contribution in [0.5, 0.6) is 5.75 Å². The van der Waals surface area contributed by atoms with E-state index >= 15 is 0 Å². The fourth-order valence-corrected chi connectivity index (χ4v) is 8.20. The lowest BCUT2D eigenvalue weighted by atomic mass is 9.81. The summed E-state index contributed by atoms with van der Waals surface area (Å²) in [4.78, 5) is 0. The number of unbranched alkanes of at least 4 members (excludes halogenated alkanes) is 2. The summed E-state index contributed by atoms with van der Waals surface area (Å²) in [5, 5.41) is 0. The molecule has 35 heavy (non-hydrogen) atoms. The molecule has 1 fully saturated rings. The molecule has 4 nitrogen and oxygen atoms in total. The molecule has 0 bridgehead atoms. The Hall–Kier alpha value is -0.883. The highest BCUT2D eigenvalue weighted by molar-refractivity contribution is 6.60. The first-order valence-electron chi connectivity index (χ1n) is 14.8. The molecular formula is C30H54O4Si. The molecule has 1 aliphatic carbocycles. The highest BCUT2D eigenvalue weighted by atomic mass is 28.4. The first kappa shape index (κ1) is 30.3. The van der Waals surface area contributed by atoms with Crippen molar-refractivity contribution in [2.24, 2.45) is 0 Å². The molecule has 0 saturated heterocycles. The van der Waals surface area contributed by atoms with Crippen LogP contribution in [0.1, 0.15) is 135 Å². The fraction of sp³-hybridized carbons (Fsp3) is 0.800. The topological polar surface area (TPSA) is 36.9 Å². The number of benzene rings is 1. The van der Waals surface area contributed by atoms with Crippen LogP contribution in [0.15, 0.2) is 18.2 Å². The van der Waals surface area contributed by atoms with Crippen LogP contribution in [-0.2, 0) is 13.3 Å². The first-order chi connectivity index (χ1) is 17.1. The maximum absolute atomic E-state index is 6.47. The molecule has 1 unspecified atom stereocenters. The standard InChI is InChI=1S/C30H54O4Si/c1-6-11-13-18-26(17-7-2)28-21-22-30(29(25-28)27-19-14-12-15-20-27)31-23-16-24-35(32-8-3,33-9-4)34-10-5/h21-22,25-27H,6-20,23-24H2,1-5H3. The van der Waals surface area contributed by atoms with Gasteiger partial charge in [-0.1, -0.05) is 70.9 Å². The van der Waals surface area contributed by atoms with E-state index < -0.39 is 8.80 Å². The maximum atomic E-state index is 6.47. The van der Waals surface area contributed by atoms with Gasteiger partial charge in [-0.05, 0) is 81.9 Å². The molecule has 0 N–H and O–H groups in total. The van der Waals surface area contributed by atoms with Crippen molar-refractivity contribution in [3.63, 3.8) is 0 Å². The van der Waals surface area contributed by atoms with Crippen molar-refractivity contribution < 1.29 is 18.0 Å². The predicted octanol–water partition coefficient (Wildman–Crippen LogP) is 9.02. The van der Waals surface area contributed by atoms with Crippen LogP contribution in [0.3, 0.4) is 0 Å². The van der Waals surface area contributed by atoms with Crippen LogP contribution in [0.2, 0.25) is 6.04 Å². The smallest absolute Gasteiger partial charge is 0.493 e. The highest BCUT2D eigenvalue weighted by Gasteiger charge is 2.39. The molecule has 1 atom stereocenters. The molecule has 1 aromatic carbocycles. The largest absolute Gasteiger partial charge is 0.501 e. The van der Waals surface area contributed by atoms with Crippen LogP contribution in [0, 0.1) is 0 Å². The fourth-order valence-electron chi connectivity index (χ4n) is 5.62. The third kappa shape index (κ3) is 10.2. The van der Waals surface area contributed by atoms with E-state index in [4.69, 9.17) is 18.0 Å². The number of hydrogen-bond acceptors (Lipinski definition) is 4. The second-order valence-corrected chi connectivity index (χ2v) is 12.8. The van der Waals surface area contributed by atoms with E-state index in [9.17, 15) is 0 Å². The molecule has 0 aliphatic heterocycles. The van der Waals surface area contributed by atoms with Crippen molar-refractivity contribution in [1.29, 1.82) is 0 Å². The second-order valence-electron chi connectivity index (χ2n) is 10.0. The van der Waals surface area contributed by atoms with E-state index in [1.807, 2.05) is 20.8 Å². The van der Waals surface area contributed by atoms with E-state index in [0.717, 1.165) is 18.2 Å². The number of rotatable bonds is 19. The summed E-state index contributed by atoms with van der Waals surface area (Å²) in [5.74, 6) is 2.42. The molecule has 2 rings (SSSR count). The third-order valence-electron chi connectivity index (χ3n) is 7.32. The molecule has 0 aromatic heterocycles. The molecule has 1 aromatic rings. The molecule has 0 spiro atoms. The Morgan fingerprint density at radius 3 is 2.09 bits per heavy atom.